The molecule has 0 radical (unpaired) electrons. The second kappa shape index (κ2) is 13.4. The largest absolute Gasteiger partial charge is 0.361 e. The topological polar surface area (TPSA) is 181 Å². The first-order valence-electron chi connectivity index (χ1n) is 11.0. The van der Waals surface area contributed by atoms with Crippen LogP contribution in [0.2, 0.25) is 0 Å². The summed E-state index contributed by atoms with van der Waals surface area (Å²) in [6, 6.07) is 5.48. The molecule has 0 aliphatic carbocycles. The number of aromatic amines is 1. The fourth-order valence-electron chi connectivity index (χ4n) is 3.47. The number of hydrogen-bond acceptors (Lipinski definition) is 9. The zero-order chi connectivity index (χ0) is 24.4. The monoisotopic (exact) mass is 477 g/mol. The maximum atomic E-state index is 13.0. The molecular weight excluding hydrogens is 442 g/mol. The number of fused-ring (bicyclic) bond motifs is 1. The van der Waals surface area contributed by atoms with Crippen LogP contribution in [0, 0.1) is 0 Å². The van der Waals surface area contributed by atoms with Crippen molar-refractivity contribution in [3.8, 4) is 0 Å². The molecule has 1 heterocycles. The van der Waals surface area contributed by atoms with Crippen LogP contribution < -0.4 is 33.2 Å². The summed E-state index contributed by atoms with van der Waals surface area (Å²) in [5, 5.41) is 9.44. The zero-order valence-corrected chi connectivity index (χ0v) is 19.7. The summed E-state index contributed by atoms with van der Waals surface area (Å²) in [6.45, 7) is 2.19. The van der Waals surface area contributed by atoms with E-state index in [9.17, 15) is 14.4 Å². The molecule has 2 rings (SSSR count). The number of hydrogen-bond donors (Lipinski definition) is 8. The molecule has 182 valence electrons. The average Bonchev–Trinajstić information content (AvgIpc) is 3.18. The first kappa shape index (κ1) is 27.0. The lowest BCUT2D eigenvalue weighted by Crippen LogP contribution is -2.50. The number of nitrogens with one attached hydrogen (secondary N) is 4. The molecule has 33 heavy (non-hydrogen) atoms. The third-order valence-electron chi connectivity index (χ3n) is 5.44. The minimum atomic E-state index is -0.884. The fourth-order valence-corrected chi connectivity index (χ4v) is 3.74. The lowest BCUT2D eigenvalue weighted by atomic mass is 9.96. The van der Waals surface area contributed by atoms with Crippen LogP contribution in [0.4, 0.5) is 0 Å². The maximum Gasteiger partial charge on any atom is 0.237 e. The van der Waals surface area contributed by atoms with Gasteiger partial charge in [-0.05, 0) is 37.9 Å². The SMILES string of the molecule is C[C@H](NCS)C(=O)CC(=O)[C@H](Cc1c[nH]c2ccccc12)NC(=O)[C@@H](N)CCCNC(N)N. The van der Waals surface area contributed by atoms with E-state index in [1.807, 2.05) is 30.5 Å². The van der Waals surface area contributed by atoms with Crippen molar-refractivity contribution in [3.05, 3.63) is 36.0 Å². The van der Waals surface area contributed by atoms with Gasteiger partial charge in [0.05, 0.1) is 24.5 Å². The lowest BCUT2D eigenvalue weighted by molar-refractivity contribution is -0.132. The summed E-state index contributed by atoms with van der Waals surface area (Å²) < 4.78 is 0. The first-order chi connectivity index (χ1) is 15.7. The van der Waals surface area contributed by atoms with E-state index in [2.05, 4.69) is 33.6 Å². The Hall–Kier alpha value is -2.28. The number of H-pyrrole nitrogens is 1. The second-order valence-corrected chi connectivity index (χ2v) is 8.36. The van der Waals surface area contributed by atoms with E-state index in [0.717, 1.165) is 16.5 Å². The number of thiol groups is 1. The Kier molecular flexibility index (Phi) is 11.0. The van der Waals surface area contributed by atoms with Gasteiger partial charge in [0.1, 0.15) is 6.29 Å². The van der Waals surface area contributed by atoms with Crippen molar-refractivity contribution in [3.63, 3.8) is 0 Å². The van der Waals surface area contributed by atoms with E-state index < -0.39 is 30.3 Å². The van der Waals surface area contributed by atoms with Gasteiger partial charge in [-0.3, -0.25) is 25.0 Å². The molecule has 0 saturated heterocycles. The standard InChI is InChI=1S/C22H35N7O3S/c1-13(28-12-33)19(30)10-20(31)18(9-14-11-27-17-7-3-2-5-15(14)17)29-21(32)16(23)6-4-8-26-22(24)25/h2-3,5,7,11,13,16,18,22,26-28,33H,4,6,8-10,12,23-25H2,1H3,(H,29,32)/t13-,16-,18-/m0/s1. The first-order valence-corrected chi connectivity index (χ1v) is 11.6. The minimum Gasteiger partial charge on any atom is -0.361 e. The van der Waals surface area contributed by atoms with Crippen LogP contribution in [-0.4, -0.2) is 59.3 Å². The van der Waals surface area contributed by atoms with Gasteiger partial charge in [-0.25, -0.2) is 0 Å². The Morgan fingerprint density at radius 3 is 2.52 bits per heavy atom. The van der Waals surface area contributed by atoms with E-state index >= 15 is 0 Å². The highest BCUT2D eigenvalue weighted by Gasteiger charge is 2.27. The highest BCUT2D eigenvalue weighted by atomic mass is 32.1. The van der Waals surface area contributed by atoms with Crippen LogP contribution in [0.15, 0.2) is 30.5 Å². The van der Waals surface area contributed by atoms with Crippen LogP contribution in [0.25, 0.3) is 10.9 Å². The number of benzene rings is 1. The van der Waals surface area contributed by atoms with Gasteiger partial charge in [-0.1, -0.05) is 18.2 Å². The van der Waals surface area contributed by atoms with E-state index in [1.165, 1.54) is 0 Å². The van der Waals surface area contributed by atoms with Crippen LogP contribution in [0.5, 0.6) is 0 Å². The number of rotatable bonds is 15. The zero-order valence-electron chi connectivity index (χ0n) is 18.8. The molecule has 0 aliphatic heterocycles. The van der Waals surface area contributed by atoms with Gasteiger partial charge in [0.15, 0.2) is 11.6 Å². The van der Waals surface area contributed by atoms with E-state index in [0.29, 0.717) is 25.3 Å². The van der Waals surface area contributed by atoms with Crippen LogP contribution in [0.1, 0.15) is 31.7 Å². The summed E-state index contributed by atoms with van der Waals surface area (Å²) in [5.74, 6) is -0.760. The van der Waals surface area contributed by atoms with Crippen molar-refractivity contribution in [1.82, 2.24) is 20.9 Å². The number of nitrogens with two attached hydrogens (primary N) is 3. The molecule has 0 unspecified atom stereocenters. The Morgan fingerprint density at radius 1 is 1.09 bits per heavy atom. The summed E-state index contributed by atoms with van der Waals surface area (Å²) in [6.07, 6.45) is 2.10. The molecule has 0 aliphatic rings. The normalized spacial score (nSPS) is 14.2. The fraction of sp³-hybridized carbons (Fsp3) is 0.500. The smallest absolute Gasteiger partial charge is 0.237 e. The number of aromatic nitrogens is 1. The number of carbonyl (C=O) groups is 3. The second-order valence-electron chi connectivity index (χ2n) is 8.05. The molecule has 0 bridgehead atoms. The Morgan fingerprint density at radius 2 is 1.82 bits per heavy atom. The third-order valence-corrected chi connectivity index (χ3v) is 5.62. The van der Waals surface area contributed by atoms with Crippen molar-refractivity contribution in [2.45, 2.75) is 57.0 Å². The molecule has 11 heteroatoms. The Balaban J connectivity index is 2.10. The van der Waals surface area contributed by atoms with Crippen molar-refractivity contribution < 1.29 is 14.4 Å². The molecule has 10 nitrogen and oxygen atoms in total. The molecule has 0 fully saturated rings. The summed E-state index contributed by atoms with van der Waals surface area (Å²) in [7, 11) is 0. The average molecular weight is 478 g/mol. The highest BCUT2D eigenvalue weighted by Crippen LogP contribution is 2.20. The quantitative estimate of drug-likeness (QED) is 0.0730. The van der Waals surface area contributed by atoms with E-state index in [-0.39, 0.29) is 24.4 Å². The Labute approximate surface area is 199 Å². The molecule has 3 atom stereocenters. The summed E-state index contributed by atoms with van der Waals surface area (Å²) in [5.41, 5.74) is 18.7. The number of Topliss-reactive ketones (excluding diaryl/α,β-unsaturated/α-hetero) is 2. The van der Waals surface area contributed by atoms with Gasteiger partial charge in [0.2, 0.25) is 5.91 Å². The molecule has 1 aromatic carbocycles. The van der Waals surface area contributed by atoms with Crippen molar-refractivity contribution >= 4 is 41.0 Å². The van der Waals surface area contributed by atoms with Gasteiger partial charge >= 0.3 is 0 Å². The van der Waals surface area contributed by atoms with Crippen LogP contribution in [0.3, 0.4) is 0 Å². The Bertz CT molecular complexity index is 934. The predicted octanol–water partition coefficient (Wildman–Crippen LogP) is -0.513. The van der Waals surface area contributed by atoms with E-state index in [1.54, 1.807) is 6.92 Å². The molecule has 2 aromatic rings. The van der Waals surface area contributed by atoms with Crippen molar-refractivity contribution in [2.75, 3.05) is 12.4 Å². The number of para-hydroxylation sites is 1. The minimum absolute atomic E-state index is 0.243. The predicted molar refractivity (Wildman–Crippen MR) is 132 cm³/mol. The number of carbonyl (C=O) groups excluding carboxylic acids is 3. The number of amides is 1. The maximum absolute atomic E-state index is 13.0. The van der Waals surface area contributed by atoms with Crippen LogP contribution >= 0.6 is 12.6 Å². The molecule has 0 saturated carbocycles. The highest BCUT2D eigenvalue weighted by molar-refractivity contribution is 7.80. The molecule has 1 aromatic heterocycles. The van der Waals surface area contributed by atoms with Crippen LogP contribution in [-0.2, 0) is 20.8 Å². The molecule has 10 N–H and O–H groups in total. The van der Waals surface area contributed by atoms with Gasteiger partial charge < -0.3 is 27.5 Å². The summed E-state index contributed by atoms with van der Waals surface area (Å²) in [4.78, 5) is 41.4. The molecular formula is C22H35N7O3S. The van der Waals surface area contributed by atoms with Gasteiger partial charge in [-0.2, -0.15) is 12.6 Å². The van der Waals surface area contributed by atoms with Gasteiger partial charge in [-0.15, -0.1) is 0 Å². The number of ketones is 2. The molecule has 0 spiro atoms. The van der Waals surface area contributed by atoms with Crippen molar-refractivity contribution in [2.24, 2.45) is 17.2 Å². The summed E-state index contributed by atoms with van der Waals surface area (Å²) >= 11 is 4.05. The third kappa shape index (κ3) is 8.54. The van der Waals surface area contributed by atoms with Gasteiger partial charge in [0, 0.05) is 29.4 Å². The van der Waals surface area contributed by atoms with Gasteiger partial charge in [0.25, 0.3) is 0 Å². The van der Waals surface area contributed by atoms with E-state index in [4.69, 9.17) is 17.2 Å². The van der Waals surface area contributed by atoms with Crippen molar-refractivity contribution in [1.29, 1.82) is 0 Å². The lowest BCUT2D eigenvalue weighted by Gasteiger charge is -2.21. The molecule has 1 amide bonds.